The number of carbonyl (C=O) groups excluding carboxylic acids is 3. The van der Waals surface area contributed by atoms with E-state index in [-0.39, 0.29) is 35.4 Å². The number of fused-ring (bicyclic) bond motifs is 2. The average molecular weight is 540 g/mol. The molecule has 5 rings (SSSR count). The molecule has 5 heterocycles. The van der Waals surface area contributed by atoms with E-state index in [1.807, 2.05) is 45.8 Å². The summed E-state index contributed by atoms with van der Waals surface area (Å²) in [5.74, 6) is -2.36. The van der Waals surface area contributed by atoms with Gasteiger partial charge in [0, 0.05) is 22.8 Å². The van der Waals surface area contributed by atoms with Gasteiger partial charge in [-0.15, -0.1) is 23.1 Å². The molecule has 0 aliphatic carbocycles. The highest BCUT2D eigenvalue weighted by molar-refractivity contribution is 8.00. The van der Waals surface area contributed by atoms with Crippen molar-refractivity contribution in [1.29, 1.82) is 0 Å². The van der Waals surface area contributed by atoms with E-state index in [9.17, 15) is 19.5 Å². The van der Waals surface area contributed by atoms with Crippen molar-refractivity contribution in [2.45, 2.75) is 18.0 Å². The van der Waals surface area contributed by atoms with Crippen LogP contribution in [0.1, 0.15) is 5.69 Å². The van der Waals surface area contributed by atoms with Crippen LogP contribution in [-0.4, -0.2) is 61.6 Å². The number of thioether (sulfide) groups is 1. The number of carboxylic acid groups (broad SMARTS) is 1. The van der Waals surface area contributed by atoms with Gasteiger partial charge in [-0.25, -0.2) is 14.0 Å². The number of aliphatic carboxylic acids is 1. The number of imidazole rings is 1. The van der Waals surface area contributed by atoms with Crippen molar-refractivity contribution >= 4 is 57.4 Å². The van der Waals surface area contributed by atoms with Gasteiger partial charge in [-0.1, -0.05) is 23.9 Å². The minimum absolute atomic E-state index is 0.0583. The van der Waals surface area contributed by atoms with E-state index in [1.165, 1.54) is 22.7 Å². The van der Waals surface area contributed by atoms with Crippen LogP contribution in [0.25, 0.3) is 5.65 Å². The second-order valence-corrected chi connectivity index (χ2v) is 10.1. The van der Waals surface area contributed by atoms with E-state index in [4.69, 9.17) is 10.6 Å². The zero-order chi connectivity index (χ0) is 26.1. The number of oxime groups is 1. The van der Waals surface area contributed by atoms with Crippen molar-refractivity contribution in [2.75, 3.05) is 18.1 Å². The van der Waals surface area contributed by atoms with Crippen LogP contribution in [0.2, 0.25) is 0 Å². The Morgan fingerprint density at radius 2 is 2.24 bits per heavy atom. The van der Waals surface area contributed by atoms with Gasteiger partial charge >= 0.3 is 0 Å². The predicted octanol–water partition coefficient (Wildman–Crippen LogP) is -0.724. The third-order valence-corrected chi connectivity index (χ3v) is 7.80. The molecule has 2 amide bonds. The Morgan fingerprint density at radius 1 is 1.41 bits per heavy atom. The van der Waals surface area contributed by atoms with E-state index >= 15 is 0 Å². The SMILES string of the molecule is C=CCO/N=C(\C(=O)N[C@@H]1C(=O)N2C(C(=O)[O-])=C(C[n+]3ccn4ccccc43)CS[C@@H]12)c1csc(N)n1. The van der Waals surface area contributed by atoms with Crippen molar-refractivity contribution in [3.8, 4) is 0 Å². The normalized spacial score (nSPS) is 19.4. The summed E-state index contributed by atoms with van der Waals surface area (Å²) >= 11 is 2.48. The predicted molar refractivity (Wildman–Crippen MR) is 134 cm³/mol. The van der Waals surface area contributed by atoms with E-state index in [0.29, 0.717) is 11.3 Å². The minimum Gasteiger partial charge on any atom is -0.543 e. The van der Waals surface area contributed by atoms with Crippen molar-refractivity contribution in [3.63, 3.8) is 0 Å². The molecule has 0 bridgehead atoms. The molecular formula is C23H21N7O5S2. The second-order valence-electron chi connectivity index (χ2n) is 8.09. The fourth-order valence-electron chi connectivity index (χ4n) is 4.14. The second kappa shape index (κ2) is 10.1. The fraction of sp³-hybridized carbons (Fsp3) is 0.217. The number of nitrogens with two attached hydrogens (primary N) is 1. The van der Waals surface area contributed by atoms with Crippen LogP contribution in [0, 0.1) is 0 Å². The summed E-state index contributed by atoms with van der Waals surface area (Å²) in [4.78, 5) is 48.6. The molecule has 1 fully saturated rings. The Labute approximate surface area is 218 Å². The maximum absolute atomic E-state index is 13.1. The number of carbonyl (C=O) groups is 3. The maximum atomic E-state index is 13.1. The molecule has 3 aromatic heterocycles. The molecule has 37 heavy (non-hydrogen) atoms. The third-order valence-electron chi connectivity index (χ3n) is 5.79. The van der Waals surface area contributed by atoms with Crippen molar-refractivity contribution in [2.24, 2.45) is 5.16 Å². The molecule has 2 aliphatic heterocycles. The molecular weight excluding hydrogens is 518 g/mol. The van der Waals surface area contributed by atoms with Crippen LogP contribution in [0.3, 0.4) is 0 Å². The van der Waals surface area contributed by atoms with Gasteiger partial charge in [0.25, 0.3) is 17.5 Å². The summed E-state index contributed by atoms with van der Waals surface area (Å²) in [6.07, 6.45) is 7.05. The Bertz CT molecular complexity index is 1480. The van der Waals surface area contributed by atoms with Gasteiger partial charge in [0.1, 0.15) is 42.7 Å². The number of anilines is 1. The highest BCUT2D eigenvalue weighted by Crippen LogP contribution is 2.40. The highest BCUT2D eigenvalue weighted by Gasteiger charge is 2.53. The lowest BCUT2D eigenvalue weighted by atomic mass is 10.0. The lowest BCUT2D eigenvalue weighted by Gasteiger charge is -2.50. The number of nitrogens with zero attached hydrogens (tertiary/aromatic N) is 5. The molecule has 1 saturated heterocycles. The standard InChI is InChI=1S/C23H21N7O5S2/c1-2-9-35-27-16(14-12-37-23(24)25-14)19(31)26-17-20(32)30-18(22(33)34)13(11-36-21(17)30)10-29-8-7-28-6-4-3-5-15(28)29/h2-8,12,17,21H,1,9-11H2,(H3-,24,25,26,31,33,34)/b27-16-/t17-,21+/m1/s1. The maximum Gasteiger partial charge on any atom is 0.286 e. The van der Waals surface area contributed by atoms with Crippen LogP contribution in [0.15, 0.2) is 71.3 Å². The molecule has 12 nitrogen and oxygen atoms in total. The first-order valence-corrected chi connectivity index (χ1v) is 13.0. The molecule has 3 N–H and O–H groups in total. The number of thiazole rings is 1. The van der Waals surface area contributed by atoms with Gasteiger partial charge in [-0.3, -0.25) is 14.5 Å². The van der Waals surface area contributed by atoms with Crippen molar-refractivity contribution in [3.05, 3.63) is 71.8 Å². The van der Waals surface area contributed by atoms with Gasteiger partial charge in [-0.2, -0.15) is 0 Å². The minimum atomic E-state index is -1.44. The molecule has 0 radical (unpaired) electrons. The van der Waals surface area contributed by atoms with Gasteiger partial charge < -0.3 is 25.8 Å². The number of hydrogen-bond acceptors (Lipinski definition) is 10. The number of aromatic nitrogens is 3. The molecule has 2 atom stereocenters. The van der Waals surface area contributed by atoms with Gasteiger partial charge in [0.15, 0.2) is 10.8 Å². The van der Waals surface area contributed by atoms with Gasteiger partial charge in [0.2, 0.25) is 0 Å². The molecule has 190 valence electrons. The first-order valence-electron chi connectivity index (χ1n) is 11.0. The van der Waals surface area contributed by atoms with Crippen LogP contribution < -0.4 is 20.7 Å². The summed E-state index contributed by atoms with van der Waals surface area (Å²) in [6.45, 7) is 3.86. The lowest BCUT2D eigenvalue weighted by molar-refractivity contribution is -0.662. The van der Waals surface area contributed by atoms with E-state index < -0.39 is 29.2 Å². The van der Waals surface area contributed by atoms with E-state index in [0.717, 1.165) is 17.0 Å². The lowest BCUT2D eigenvalue weighted by Crippen LogP contribution is -2.71. The molecule has 0 spiro atoms. The third kappa shape index (κ3) is 4.56. The topological polar surface area (TPSA) is 158 Å². The number of nitrogen functional groups attached to an aromatic ring is 1. The number of pyridine rings is 1. The summed E-state index contributed by atoms with van der Waals surface area (Å²) < 4.78 is 3.81. The van der Waals surface area contributed by atoms with E-state index in [2.05, 4.69) is 22.0 Å². The number of β-lactam (4-membered cyclic amide) rings is 1. The molecule has 0 aromatic carbocycles. The number of carboxylic acids is 1. The Balaban J connectivity index is 1.36. The summed E-state index contributed by atoms with van der Waals surface area (Å²) in [5, 5.41) is 19.8. The monoisotopic (exact) mass is 539 g/mol. The molecule has 2 aliphatic rings. The molecule has 3 aromatic rings. The highest BCUT2D eigenvalue weighted by atomic mass is 32.2. The first-order chi connectivity index (χ1) is 17.9. The summed E-state index contributed by atoms with van der Waals surface area (Å²) in [5.41, 5.74) is 6.96. The summed E-state index contributed by atoms with van der Waals surface area (Å²) in [6, 6.07) is 4.73. The largest absolute Gasteiger partial charge is 0.543 e. The van der Waals surface area contributed by atoms with Crippen molar-refractivity contribution < 1.29 is 28.9 Å². The fourth-order valence-corrected chi connectivity index (χ4v) is 6.03. The zero-order valence-corrected chi connectivity index (χ0v) is 20.9. The molecule has 0 saturated carbocycles. The smallest absolute Gasteiger partial charge is 0.286 e. The Kier molecular flexibility index (Phi) is 6.67. The number of nitrogens with one attached hydrogen (secondary N) is 1. The average Bonchev–Trinajstić information content (AvgIpc) is 3.50. The van der Waals surface area contributed by atoms with Gasteiger partial charge in [-0.05, 0) is 6.07 Å². The zero-order valence-electron chi connectivity index (χ0n) is 19.3. The van der Waals surface area contributed by atoms with Crippen LogP contribution in [-0.2, 0) is 25.8 Å². The Hall–Kier alpha value is -4.17. The molecule has 14 heteroatoms. The van der Waals surface area contributed by atoms with Crippen molar-refractivity contribution in [1.82, 2.24) is 19.6 Å². The van der Waals surface area contributed by atoms with E-state index in [1.54, 1.807) is 5.38 Å². The van der Waals surface area contributed by atoms with Crippen LogP contribution >= 0.6 is 23.1 Å². The number of amides is 2. The van der Waals surface area contributed by atoms with Crippen LogP contribution in [0.4, 0.5) is 5.13 Å². The first kappa shape index (κ1) is 24.5. The molecule has 0 unspecified atom stereocenters. The quantitative estimate of drug-likeness (QED) is 0.0900. The summed E-state index contributed by atoms with van der Waals surface area (Å²) in [7, 11) is 0. The number of rotatable bonds is 9. The Morgan fingerprint density at radius 3 is 2.97 bits per heavy atom. The van der Waals surface area contributed by atoms with Crippen LogP contribution in [0.5, 0.6) is 0 Å². The number of hydrogen-bond donors (Lipinski definition) is 2. The van der Waals surface area contributed by atoms with Gasteiger partial charge in [0.05, 0.1) is 17.9 Å².